The fraction of sp³-hybridized carbons (Fsp3) is 0.241. The Hall–Kier alpha value is -4.07. The molecule has 1 heterocycles. The summed E-state index contributed by atoms with van der Waals surface area (Å²) in [6.45, 7) is 0. The molecule has 0 aliphatic heterocycles. The van der Waals surface area contributed by atoms with Crippen molar-refractivity contribution in [2.75, 3.05) is 12.4 Å². The minimum atomic E-state index is -4.38. The first-order valence-corrected chi connectivity index (χ1v) is 12.0. The van der Waals surface area contributed by atoms with Gasteiger partial charge >= 0.3 is 12.2 Å². The highest BCUT2D eigenvalue weighted by atomic mass is 19.4. The van der Waals surface area contributed by atoms with Crippen LogP contribution in [0.5, 0.6) is 5.75 Å². The molecule has 190 valence electrons. The number of nitrogens with one attached hydrogen (secondary N) is 2. The van der Waals surface area contributed by atoms with Gasteiger partial charge in [0, 0.05) is 35.1 Å². The van der Waals surface area contributed by atoms with Crippen LogP contribution in [0, 0.1) is 0 Å². The second kappa shape index (κ2) is 10.1. The molecule has 8 heteroatoms. The molecule has 5 nitrogen and oxygen atoms in total. The molecule has 1 aliphatic carbocycles. The Morgan fingerprint density at radius 3 is 2.65 bits per heavy atom. The van der Waals surface area contributed by atoms with Gasteiger partial charge in [0.2, 0.25) is 0 Å². The van der Waals surface area contributed by atoms with E-state index in [1.807, 2.05) is 42.5 Å². The van der Waals surface area contributed by atoms with E-state index in [1.165, 1.54) is 12.1 Å². The van der Waals surface area contributed by atoms with Crippen molar-refractivity contribution < 1.29 is 22.7 Å². The molecule has 2 amide bonds. The third-order valence-electron chi connectivity index (χ3n) is 6.94. The van der Waals surface area contributed by atoms with Crippen molar-refractivity contribution in [1.29, 1.82) is 0 Å². The summed E-state index contributed by atoms with van der Waals surface area (Å²) in [5.41, 5.74) is 2.96. The van der Waals surface area contributed by atoms with Gasteiger partial charge in [-0.2, -0.15) is 13.2 Å². The van der Waals surface area contributed by atoms with E-state index in [2.05, 4.69) is 15.6 Å². The van der Waals surface area contributed by atoms with Crippen LogP contribution < -0.4 is 15.4 Å². The molecule has 0 spiro atoms. The second-order valence-corrected chi connectivity index (χ2v) is 9.22. The Balaban J connectivity index is 1.40. The molecular formula is C29H26F3N3O2. The van der Waals surface area contributed by atoms with Gasteiger partial charge in [0.05, 0.1) is 18.4 Å². The first-order chi connectivity index (χ1) is 17.8. The topological polar surface area (TPSA) is 63.2 Å². The first kappa shape index (κ1) is 24.6. The van der Waals surface area contributed by atoms with Crippen LogP contribution in [0.15, 0.2) is 79.1 Å². The number of amides is 2. The van der Waals surface area contributed by atoms with Crippen LogP contribution in [0.1, 0.15) is 34.6 Å². The molecule has 37 heavy (non-hydrogen) atoms. The molecule has 0 radical (unpaired) electrons. The van der Waals surface area contributed by atoms with Gasteiger partial charge in [-0.3, -0.25) is 4.98 Å². The van der Waals surface area contributed by atoms with E-state index in [1.54, 1.807) is 19.5 Å². The number of anilines is 1. The molecule has 0 bridgehead atoms. The quantitative estimate of drug-likeness (QED) is 0.316. The molecular weight excluding hydrogens is 479 g/mol. The van der Waals surface area contributed by atoms with E-state index < -0.39 is 11.7 Å². The molecule has 1 aromatic heterocycles. The summed E-state index contributed by atoms with van der Waals surface area (Å²) >= 11 is 0. The van der Waals surface area contributed by atoms with E-state index in [9.17, 15) is 18.0 Å². The standard InChI is InChI=1S/C29H26F3N3O2/c1-37-22-10-11-23-19(16-22)7-12-27(25(23)15-18-5-8-21(9-6-18)29(30,31)32)35-28(36)34-26-4-2-3-20-17-33-14-13-24(20)26/h2-6,8-11,13-14,16-17,25,27H,7,12,15H2,1H3,(H2,34,35,36). The lowest BCUT2D eigenvalue weighted by atomic mass is 9.76. The molecule has 0 fully saturated rings. The van der Waals surface area contributed by atoms with E-state index >= 15 is 0 Å². The van der Waals surface area contributed by atoms with Gasteiger partial charge in [-0.25, -0.2) is 4.79 Å². The number of carbonyl (C=O) groups excluding carboxylic acids is 1. The molecule has 2 unspecified atom stereocenters. The Kier molecular flexibility index (Phi) is 6.74. The number of methoxy groups -OCH3 is 1. The SMILES string of the molecule is COc1ccc2c(c1)CCC(NC(=O)Nc1cccc3cnccc13)C2Cc1ccc(C(F)(F)F)cc1. The van der Waals surface area contributed by atoms with Gasteiger partial charge in [0.15, 0.2) is 0 Å². The van der Waals surface area contributed by atoms with Crippen LogP contribution in [0.4, 0.5) is 23.7 Å². The number of hydrogen-bond acceptors (Lipinski definition) is 3. The summed E-state index contributed by atoms with van der Waals surface area (Å²) in [7, 11) is 1.61. The van der Waals surface area contributed by atoms with Gasteiger partial charge in [0.1, 0.15) is 5.75 Å². The predicted octanol–water partition coefficient (Wildman–Crippen LogP) is 6.73. The predicted molar refractivity (Wildman–Crippen MR) is 137 cm³/mol. The number of benzene rings is 3. The van der Waals surface area contributed by atoms with Crippen molar-refractivity contribution in [2.24, 2.45) is 0 Å². The van der Waals surface area contributed by atoms with Crippen LogP contribution in [0.25, 0.3) is 10.8 Å². The highest BCUT2D eigenvalue weighted by Gasteiger charge is 2.33. The zero-order chi connectivity index (χ0) is 26.0. The van der Waals surface area contributed by atoms with Gasteiger partial charge < -0.3 is 15.4 Å². The van der Waals surface area contributed by atoms with E-state index in [-0.39, 0.29) is 18.0 Å². The smallest absolute Gasteiger partial charge is 0.416 e. The molecule has 0 saturated heterocycles. The Labute approximate surface area is 212 Å². The minimum Gasteiger partial charge on any atom is -0.497 e. The lowest BCUT2D eigenvalue weighted by molar-refractivity contribution is -0.137. The number of alkyl halides is 3. The summed E-state index contributed by atoms with van der Waals surface area (Å²) in [4.78, 5) is 17.2. The summed E-state index contributed by atoms with van der Waals surface area (Å²) in [6, 6.07) is 18.1. The van der Waals surface area contributed by atoms with E-state index in [0.717, 1.165) is 51.8 Å². The zero-order valence-electron chi connectivity index (χ0n) is 20.2. The number of rotatable bonds is 5. The summed E-state index contributed by atoms with van der Waals surface area (Å²) in [5, 5.41) is 7.89. The van der Waals surface area contributed by atoms with Gasteiger partial charge in [-0.05, 0) is 72.4 Å². The maximum atomic E-state index is 13.1. The average molecular weight is 506 g/mol. The lowest BCUT2D eigenvalue weighted by Gasteiger charge is -2.35. The van der Waals surface area contributed by atoms with Gasteiger partial charge in [-0.1, -0.05) is 30.3 Å². The Morgan fingerprint density at radius 1 is 1.08 bits per heavy atom. The highest BCUT2D eigenvalue weighted by molar-refractivity contribution is 6.01. The van der Waals surface area contributed by atoms with Crippen LogP contribution in [0.3, 0.4) is 0 Å². The van der Waals surface area contributed by atoms with Crippen LogP contribution in [-0.2, 0) is 19.0 Å². The summed E-state index contributed by atoms with van der Waals surface area (Å²) in [5.74, 6) is 0.635. The molecule has 0 saturated carbocycles. The zero-order valence-corrected chi connectivity index (χ0v) is 20.2. The van der Waals surface area contributed by atoms with Crippen LogP contribution >= 0.6 is 0 Å². The monoisotopic (exact) mass is 505 g/mol. The van der Waals surface area contributed by atoms with Crippen molar-refractivity contribution in [1.82, 2.24) is 10.3 Å². The second-order valence-electron chi connectivity index (χ2n) is 9.22. The number of ether oxygens (including phenoxy) is 1. The number of carbonyl (C=O) groups is 1. The molecule has 3 aromatic carbocycles. The van der Waals surface area contributed by atoms with Gasteiger partial charge in [-0.15, -0.1) is 0 Å². The van der Waals surface area contributed by atoms with Crippen molar-refractivity contribution in [3.05, 3.63) is 101 Å². The molecule has 5 rings (SSSR count). The number of fused-ring (bicyclic) bond motifs is 2. The number of hydrogen-bond donors (Lipinski definition) is 2. The van der Waals surface area contributed by atoms with Crippen molar-refractivity contribution in [2.45, 2.75) is 37.4 Å². The maximum absolute atomic E-state index is 13.1. The number of halogens is 3. The number of pyridine rings is 1. The normalized spacial score (nSPS) is 17.2. The molecule has 2 atom stereocenters. The number of aromatic nitrogens is 1. The third-order valence-corrected chi connectivity index (χ3v) is 6.94. The van der Waals surface area contributed by atoms with Gasteiger partial charge in [0.25, 0.3) is 0 Å². The molecule has 1 aliphatic rings. The van der Waals surface area contributed by atoms with Crippen molar-refractivity contribution >= 4 is 22.5 Å². The average Bonchev–Trinajstić information content (AvgIpc) is 2.89. The highest BCUT2D eigenvalue weighted by Crippen LogP contribution is 2.37. The van der Waals surface area contributed by atoms with Crippen LogP contribution in [-0.4, -0.2) is 24.2 Å². The van der Waals surface area contributed by atoms with Crippen LogP contribution in [0.2, 0.25) is 0 Å². The van der Waals surface area contributed by atoms with E-state index in [0.29, 0.717) is 18.5 Å². The van der Waals surface area contributed by atoms with E-state index in [4.69, 9.17) is 4.74 Å². The molecule has 2 N–H and O–H groups in total. The lowest BCUT2D eigenvalue weighted by Crippen LogP contribution is -2.44. The Morgan fingerprint density at radius 2 is 1.89 bits per heavy atom. The van der Waals surface area contributed by atoms with Crippen molar-refractivity contribution in [3.63, 3.8) is 0 Å². The fourth-order valence-corrected chi connectivity index (χ4v) is 5.08. The largest absolute Gasteiger partial charge is 0.497 e. The van der Waals surface area contributed by atoms with Crippen molar-refractivity contribution in [3.8, 4) is 5.75 Å². The maximum Gasteiger partial charge on any atom is 0.416 e. The first-order valence-electron chi connectivity index (χ1n) is 12.0. The summed E-state index contributed by atoms with van der Waals surface area (Å²) in [6.07, 6.45) is 0.969. The minimum absolute atomic E-state index is 0.117. The molecule has 4 aromatic rings. The number of urea groups is 1. The fourth-order valence-electron chi connectivity index (χ4n) is 5.08. The number of nitrogens with zero attached hydrogens (tertiary/aromatic N) is 1. The third kappa shape index (κ3) is 5.38. The number of aryl methyl sites for hydroxylation is 1. The Bertz CT molecular complexity index is 1420. The summed E-state index contributed by atoms with van der Waals surface area (Å²) < 4.78 is 44.6.